The van der Waals surface area contributed by atoms with Crippen LogP contribution in [0.3, 0.4) is 0 Å². The van der Waals surface area contributed by atoms with Gasteiger partial charge in [0, 0.05) is 44.1 Å². The Balaban J connectivity index is 1.39. The van der Waals surface area contributed by atoms with Crippen molar-refractivity contribution in [3.63, 3.8) is 0 Å². The zero-order valence-corrected chi connectivity index (χ0v) is 21.3. The number of morpholine rings is 1. The lowest BCUT2D eigenvalue weighted by atomic mass is 10.1. The van der Waals surface area contributed by atoms with Crippen molar-refractivity contribution < 1.29 is 19.0 Å². The predicted octanol–water partition coefficient (Wildman–Crippen LogP) is 4.60. The molecule has 1 aromatic heterocycles. The lowest BCUT2D eigenvalue weighted by Gasteiger charge is -2.35. The molecule has 1 aliphatic rings. The van der Waals surface area contributed by atoms with E-state index in [2.05, 4.69) is 41.2 Å². The first kappa shape index (κ1) is 25.7. The van der Waals surface area contributed by atoms with Gasteiger partial charge < -0.3 is 19.5 Å². The molecule has 36 heavy (non-hydrogen) atoms. The fourth-order valence-corrected chi connectivity index (χ4v) is 4.49. The number of nitrogens with zero attached hydrogens (tertiary/aromatic N) is 2. The van der Waals surface area contributed by atoms with Gasteiger partial charge in [0.15, 0.2) is 11.5 Å². The molecule has 190 valence electrons. The number of pyridine rings is 1. The van der Waals surface area contributed by atoms with Crippen LogP contribution >= 0.6 is 0 Å². The maximum atomic E-state index is 13.0. The van der Waals surface area contributed by atoms with Crippen LogP contribution in [0.2, 0.25) is 0 Å². The van der Waals surface area contributed by atoms with E-state index in [9.17, 15) is 4.79 Å². The van der Waals surface area contributed by atoms with E-state index >= 15 is 0 Å². The molecule has 2 atom stereocenters. The molecule has 4 rings (SSSR count). The standard InChI is InChI=1S/C29H35N3O4/c1-4-34-28-15-24(9-10-27(28)35-20-23-11-13-30-14-12-23)29(33)31-16-25-7-5-6-8-26(25)19-32-17-21(2)36-22(3)18-32/h5-15,21-22H,4,16-20H2,1-3H3,(H,31,33). The van der Waals surface area contributed by atoms with Crippen LogP contribution in [0, 0.1) is 0 Å². The molecule has 0 bridgehead atoms. The molecule has 1 aliphatic heterocycles. The molecule has 2 heterocycles. The number of hydrogen-bond donors (Lipinski definition) is 1. The molecule has 0 saturated carbocycles. The van der Waals surface area contributed by atoms with Gasteiger partial charge >= 0.3 is 0 Å². The summed E-state index contributed by atoms with van der Waals surface area (Å²) in [5.74, 6) is 1.000. The molecular weight excluding hydrogens is 454 g/mol. The Hall–Kier alpha value is -3.42. The third-order valence-electron chi connectivity index (χ3n) is 6.10. The molecule has 0 spiro atoms. The van der Waals surface area contributed by atoms with Crippen molar-refractivity contribution in [3.05, 3.63) is 89.2 Å². The Labute approximate surface area is 213 Å². The minimum Gasteiger partial charge on any atom is -0.490 e. The molecule has 0 radical (unpaired) electrons. The molecule has 1 saturated heterocycles. The summed E-state index contributed by atoms with van der Waals surface area (Å²) < 4.78 is 17.6. The quantitative estimate of drug-likeness (QED) is 0.449. The molecule has 7 heteroatoms. The molecular formula is C29H35N3O4. The molecule has 2 unspecified atom stereocenters. The summed E-state index contributed by atoms with van der Waals surface area (Å²) in [7, 11) is 0. The molecule has 1 fully saturated rings. The Morgan fingerprint density at radius 2 is 1.72 bits per heavy atom. The summed E-state index contributed by atoms with van der Waals surface area (Å²) in [6, 6.07) is 17.4. The molecule has 0 aliphatic carbocycles. The maximum absolute atomic E-state index is 13.0. The average molecular weight is 490 g/mol. The Bertz CT molecular complexity index is 1130. The van der Waals surface area contributed by atoms with Gasteiger partial charge in [-0.15, -0.1) is 0 Å². The van der Waals surface area contributed by atoms with Gasteiger partial charge in [0.25, 0.3) is 5.91 Å². The number of carbonyl (C=O) groups is 1. The number of carbonyl (C=O) groups excluding carboxylic acids is 1. The number of rotatable bonds is 10. The highest BCUT2D eigenvalue weighted by Crippen LogP contribution is 2.29. The van der Waals surface area contributed by atoms with Crippen molar-refractivity contribution in [1.82, 2.24) is 15.2 Å². The van der Waals surface area contributed by atoms with E-state index in [0.29, 0.717) is 36.8 Å². The second-order valence-corrected chi connectivity index (χ2v) is 9.14. The highest BCUT2D eigenvalue weighted by atomic mass is 16.5. The van der Waals surface area contributed by atoms with Gasteiger partial charge in [-0.3, -0.25) is 14.7 Å². The van der Waals surface area contributed by atoms with Gasteiger partial charge in [-0.2, -0.15) is 0 Å². The first-order valence-corrected chi connectivity index (χ1v) is 12.5. The van der Waals surface area contributed by atoms with Crippen LogP contribution in [0.15, 0.2) is 67.0 Å². The van der Waals surface area contributed by atoms with Crippen LogP contribution in [0.25, 0.3) is 0 Å². The molecule has 1 N–H and O–H groups in total. The third-order valence-corrected chi connectivity index (χ3v) is 6.10. The van der Waals surface area contributed by atoms with Crippen molar-refractivity contribution in [2.75, 3.05) is 19.7 Å². The fourth-order valence-electron chi connectivity index (χ4n) is 4.49. The van der Waals surface area contributed by atoms with Crippen LogP contribution in [0.1, 0.15) is 47.8 Å². The van der Waals surface area contributed by atoms with Crippen molar-refractivity contribution in [3.8, 4) is 11.5 Å². The predicted molar refractivity (Wildman–Crippen MR) is 139 cm³/mol. The minimum absolute atomic E-state index is 0.153. The number of benzene rings is 2. The van der Waals surface area contributed by atoms with Crippen LogP contribution in [-0.4, -0.2) is 47.7 Å². The molecule has 1 amide bonds. The van der Waals surface area contributed by atoms with E-state index < -0.39 is 0 Å². The number of nitrogens with one attached hydrogen (secondary N) is 1. The summed E-state index contributed by atoms with van der Waals surface area (Å²) >= 11 is 0. The third kappa shape index (κ3) is 7.06. The Morgan fingerprint density at radius 1 is 1.00 bits per heavy atom. The Kier molecular flexibility index (Phi) is 8.92. The van der Waals surface area contributed by atoms with E-state index in [4.69, 9.17) is 14.2 Å². The van der Waals surface area contributed by atoms with Crippen molar-refractivity contribution in [2.45, 2.75) is 52.7 Å². The van der Waals surface area contributed by atoms with Crippen molar-refractivity contribution in [1.29, 1.82) is 0 Å². The van der Waals surface area contributed by atoms with E-state index in [0.717, 1.165) is 30.8 Å². The SMILES string of the molecule is CCOc1cc(C(=O)NCc2ccccc2CN2CC(C)OC(C)C2)ccc1OCc1ccncc1. The van der Waals surface area contributed by atoms with Crippen LogP contribution in [0.4, 0.5) is 0 Å². The van der Waals surface area contributed by atoms with Crippen LogP contribution in [-0.2, 0) is 24.4 Å². The van der Waals surface area contributed by atoms with Gasteiger partial charge in [0.2, 0.25) is 0 Å². The summed E-state index contributed by atoms with van der Waals surface area (Å²) in [5.41, 5.74) is 3.87. The first-order valence-electron chi connectivity index (χ1n) is 12.5. The highest BCUT2D eigenvalue weighted by Gasteiger charge is 2.22. The first-order chi connectivity index (χ1) is 17.5. The second-order valence-electron chi connectivity index (χ2n) is 9.14. The molecule has 3 aromatic rings. The van der Waals surface area contributed by atoms with Gasteiger partial charge in [-0.05, 0) is 67.8 Å². The molecule has 2 aromatic carbocycles. The number of amides is 1. The summed E-state index contributed by atoms with van der Waals surface area (Å²) in [6.45, 7) is 10.1. The lowest BCUT2D eigenvalue weighted by Crippen LogP contribution is -2.45. The van der Waals surface area contributed by atoms with Gasteiger partial charge in [0.05, 0.1) is 18.8 Å². The number of hydrogen-bond acceptors (Lipinski definition) is 6. The second kappa shape index (κ2) is 12.5. The average Bonchev–Trinajstić information content (AvgIpc) is 2.87. The van der Waals surface area contributed by atoms with Gasteiger partial charge in [-0.1, -0.05) is 24.3 Å². The topological polar surface area (TPSA) is 72.9 Å². The zero-order valence-electron chi connectivity index (χ0n) is 21.3. The van der Waals surface area contributed by atoms with Crippen molar-refractivity contribution >= 4 is 5.91 Å². The normalized spacial score (nSPS) is 18.0. The number of aromatic nitrogens is 1. The fraction of sp³-hybridized carbons (Fsp3) is 0.379. The zero-order chi connectivity index (χ0) is 25.3. The number of ether oxygens (including phenoxy) is 3. The van der Waals surface area contributed by atoms with E-state index in [1.54, 1.807) is 30.6 Å². The van der Waals surface area contributed by atoms with Crippen LogP contribution < -0.4 is 14.8 Å². The maximum Gasteiger partial charge on any atom is 0.251 e. The van der Waals surface area contributed by atoms with Gasteiger partial charge in [-0.25, -0.2) is 0 Å². The monoisotopic (exact) mass is 489 g/mol. The van der Waals surface area contributed by atoms with E-state index in [1.807, 2.05) is 31.2 Å². The lowest BCUT2D eigenvalue weighted by molar-refractivity contribution is -0.0705. The van der Waals surface area contributed by atoms with Gasteiger partial charge in [0.1, 0.15) is 6.61 Å². The van der Waals surface area contributed by atoms with Crippen LogP contribution in [0.5, 0.6) is 11.5 Å². The Morgan fingerprint density at radius 3 is 2.44 bits per heavy atom. The van der Waals surface area contributed by atoms with Crippen molar-refractivity contribution in [2.24, 2.45) is 0 Å². The minimum atomic E-state index is -0.153. The van der Waals surface area contributed by atoms with E-state index in [-0.39, 0.29) is 18.1 Å². The largest absolute Gasteiger partial charge is 0.490 e. The highest BCUT2D eigenvalue weighted by molar-refractivity contribution is 5.94. The summed E-state index contributed by atoms with van der Waals surface area (Å²) in [4.78, 5) is 19.5. The smallest absolute Gasteiger partial charge is 0.251 e. The summed E-state index contributed by atoms with van der Waals surface area (Å²) in [6.07, 6.45) is 3.90. The van der Waals surface area contributed by atoms with E-state index in [1.165, 1.54) is 5.56 Å². The molecule has 7 nitrogen and oxygen atoms in total. The summed E-state index contributed by atoms with van der Waals surface area (Å²) in [5, 5.41) is 3.07.